The van der Waals surface area contributed by atoms with Gasteiger partial charge in [0.1, 0.15) is 17.3 Å². The van der Waals surface area contributed by atoms with E-state index in [-0.39, 0.29) is 45.7 Å². The van der Waals surface area contributed by atoms with Crippen LogP contribution in [0, 0.1) is 24.5 Å². The quantitative estimate of drug-likeness (QED) is 0.486. The van der Waals surface area contributed by atoms with Crippen LogP contribution in [0.4, 0.5) is 14.5 Å². The van der Waals surface area contributed by atoms with E-state index >= 15 is 0 Å². The Morgan fingerprint density at radius 2 is 2.00 bits per heavy atom. The molecule has 0 aliphatic carbocycles. The lowest BCUT2D eigenvalue weighted by molar-refractivity contribution is -0.120. The van der Waals surface area contributed by atoms with E-state index in [1.807, 2.05) is 0 Å². The van der Waals surface area contributed by atoms with Gasteiger partial charge in [-0.2, -0.15) is 4.31 Å². The lowest BCUT2D eigenvalue weighted by Gasteiger charge is -2.31. The van der Waals surface area contributed by atoms with Gasteiger partial charge in [0.2, 0.25) is 15.9 Å². The average Bonchev–Trinajstić information content (AvgIpc) is 3.21. The molecule has 1 aromatic heterocycles. The number of aryl methyl sites for hydroxylation is 1. The molecule has 184 valence electrons. The van der Waals surface area contributed by atoms with Crippen LogP contribution in [-0.2, 0) is 14.8 Å². The summed E-state index contributed by atoms with van der Waals surface area (Å²) in [7, 11) is -4.07. The average molecular weight is 522 g/mol. The minimum Gasteiger partial charge on any atom is -0.355 e. The number of rotatable bonds is 6. The number of piperidine rings is 1. The Labute approximate surface area is 206 Å². The van der Waals surface area contributed by atoms with E-state index in [4.69, 9.17) is 16.1 Å². The molecule has 4 rings (SSSR count). The number of carbonyl (C=O) groups excluding carboxylic acids is 1. The van der Waals surface area contributed by atoms with Gasteiger partial charge in [-0.05, 0) is 56.2 Å². The largest absolute Gasteiger partial charge is 0.355 e. The molecule has 1 saturated heterocycles. The van der Waals surface area contributed by atoms with Crippen LogP contribution in [0.25, 0.3) is 12.2 Å². The number of nitrogens with zero attached hydrogens (tertiary/aromatic N) is 2. The van der Waals surface area contributed by atoms with Crippen LogP contribution in [0.1, 0.15) is 29.9 Å². The van der Waals surface area contributed by atoms with Crippen molar-refractivity contribution in [3.8, 4) is 0 Å². The van der Waals surface area contributed by atoms with Crippen LogP contribution in [-0.4, -0.2) is 36.9 Å². The maximum Gasteiger partial charge on any atom is 0.248 e. The first kappa shape index (κ1) is 25.0. The summed E-state index contributed by atoms with van der Waals surface area (Å²) in [5.74, 6) is -2.09. The molecule has 0 radical (unpaired) electrons. The molecule has 7 nitrogen and oxygen atoms in total. The van der Waals surface area contributed by atoms with Gasteiger partial charge < -0.3 is 9.84 Å². The molecule has 2 aromatic carbocycles. The van der Waals surface area contributed by atoms with Crippen molar-refractivity contribution in [1.82, 2.24) is 9.46 Å². The zero-order valence-electron chi connectivity index (χ0n) is 18.7. The summed E-state index contributed by atoms with van der Waals surface area (Å²) >= 11 is 5.99. The predicted molar refractivity (Wildman–Crippen MR) is 128 cm³/mol. The van der Waals surface area contributed by atoms with Gasteiger partial charge in [0.05, 0.1) is 16.6 Å². The molecule has 2 heterocycles. The number of hydrogen-bond donors (Lipinski definition) is 1. The summed E-state index contributed by atoms with van der Waals surface area (Å²) in [6.45, 7) is 1.65. The zero-order chi connectivity index (χ0) is 25.2. The molecule has 35 heavy (non-hydrogen) atoms. The van der Waals surface area contributed by atoms with Crippen LogP contribution in [0.2, 0.25) is 5.02 Å². The number of aromatic nitrogens is 1. The molecular formula is C24H22ClF2N3O4S. The molecule has 1 atom stereocenters. The molecule has 11 heteroatoms. The Bertz CT molecular complexity index is 1390. The molecule has 0 bridgehead atoms. The van der Waals surface area contributed by atoms with Crippen LogP contribution in [0.3, 0.4) is 0 Å². The highest BCUT2D eigenvalue weighted by molar-refractivity contribution is 7.89. The molecule has 1 amide bonds. The monoisotopic (exact) mass is 521 g/mol. The SMILES string of the molecule is Cc1noc(/C=C/c2ccccc2F)c1S(=O)(=O)N1CCC[C@@H](C(=O)Nc2ccc(F)cc2Cl)C1. The first-order chi connectivity index (χ1) is 16.7. The summed E-state index contributed by atoms with van der Waals surface area (Å²) in [4.78, 5) is 12.7. The molecule has 0 saturated carbocycles. The lowest BCUT2D eigenvalue weighted by Crippen LogP contribution is -2.43. The molecule has 1 fully saturated rings. The maximum atomic E-state index is 14.0. The van der Waals surface area contributed by atoms with Gasteiger partial charge in [-0.1, -0.05) is 35.0 Å². The third kappa shape index (κ3) is 5.44. The van der Waals surface area contributed by atoms with E-state index in [2.05, 4.69) is 10.5 Å². The van der Waals surface area contributed by atoms with Crippen LogP contribution in [0.5, 0.6) is 0 Å². The summed E-state index contributed by atoms with van der Waals surface area (Å²) in [5, 5.41) is 6.48. The number of anilines is 1. The van der Waals surface area contributed by atoms with Crippen molar-refractivity contribution in [2.24, 2.45) is 5.92 Å². The zero-order valence-corrected chi connectivity index (χ0v) is 20.2. The van der Waals surface area contributed by atoms with Crippen molar-refractivity contribution in [3.63, 3.8) is 0 Å². The number of nitrogens with one attached hydrogen (secondary N) is 1. The van der Waals surface area contributed by atoms with E-state index in [1.54, 1.807) is 18.2 Å². The minimum atomic E-state index is -4.07. The number of amides is 1. The van der Waals surface area contributed by atoms with E-state index in [1.165, 1.54) is 41.6 Å². The lowest BCUT2D eigenvalue weighted by atomic mass is 9.98. The van der Waals surface area contributed by atoms with Gasteiger partial charge in [-0.25, -0.2) is 17.2 Å². The number of sulfonamides is 1. The molecule has 0 unspecified atom stereocenters. The molecular weight excluding hydrogens is 500 g/mol. The van der Waals surface area contributed by atoms with E-state index in [0.717, 1.165) is 6.07 Å². The summed E-state index contributed by atoms with van der Waals surface area (Å²) < 4.78 is 60.7. The fourth-order valence-electron chi connectivity index (χ4n) is 3.90. The van der Waals surface area contributed by atoms with Crippen molar-refractivity contribution in [2.45, 2.75) is 24.7 Å². The summed E-state index contributed by atoms with van der Waals surface area (Å²) in [6.07, 6.45) is 3.70. The number of carbonyl (C=O) groups is 1. The van der Waals surface area contributed by atoms with Gasteiger partial charge in [-0.15, -0.1) is 0 Å². The molecule has 1 N–H and O–H groups in total. The maximum absolute atomic E-state index is 14.0. The van der Waals surface area contributed by atoms with Gasteiger partial charge in [0.15, 0.2) is 10.7 Å². The Morgan fingerprint density at radius 3 is 2.74 bits per heavy atom. The van der Waals surface area contributed by atoms with Crippen molar-refractivity contribution in [2.75, 3.05) is 18.4 Å². The smallest absolute Gasteiger partial charge is 0.248 e. The first-order valence-corrected chi connectivity index (χ1v) is 12.6. The van der Waals surface area contributed by atoms with Crippen molar-refractivity contribution < 1.29 is 26.5 Å². The number of hydrogen-bond acceptors (Lipinski definition) is 5. The standard InChI is InChI=1S/C24H22ClF2N3O4S/c1-15-23(22(34-29-15)11-8-16-5-2-3-7-20(16)27)35(32,33)30-12-4-6-17(14-30)24(31)28-21-10-9-18(26)13-19(21)25/h2-3,5,7-11,13,17H,4,6,12,14H2,1H3,(H,28,31)/b11-8+/t17-/m1/s1. The minimum absolute atomic E-state index is 0.0320. The second-order valence-electron chi connectivity index (χ2n) is 8.13. The summed E-state index contributed by atoms with van der Waals surface area (Å²) in [6, 6.07) is 9.65. The highest BCUT2D eigenvalue weighted by atomic mass is 35.5. The van der Waals surface area contributed by atoms with Crippen molar-refractivity contribution >= 4 is 45.4 Å². The Hall–Kier alpha value is -3.08. The van der Waals surface area contributed by atoms with Crippen molar-refractivity contribution in [1.29, 1.82) is 0 Å². The van der Waals surface area contributed by atoms with Gasteiger partial charge in [0, 0.05) is 18.7 Å². The second-order valence-corrected chi connectivity index (χ2v) is 10.4. The van der Waals surface area contributed by atoms with Crippen LogP contribution < -0.4 is 5.32 Å². The van der Waals surface area contributed by atoms with Gasteiger partial charge in [0.25, 0.3) is 0 Å². The third-order valence-electron chi connectivity index (χ3n) is 5.69. The number of halogens is 3. The highest BCUT2D eigenvalue weighted by Gasteiger charge is 2.37. The fourth-order valence-corrected chi connectivity index (χ4v) is 5.89. The molecule has 3 aromatic rings. The molecule has 1 aliphatic rings. The van der Waals surface area contributed by atoms with Crippen molar-refractivity contribution in [3.05, 3.63) is 76.1 Å². The van der Waals surface area contributed by atoms with E-state index in [9.17, 15) is 22.0 Å². The summed E-state index contributed by atoms with van der Waals surface area (Å²) in [5.41, 5.74) is 0.662. The Kier molecular flexibility index (Phi) is 7.34. The second kappa shape index (κ2) is 10.3. The predicted octanol–water partition coefficient (Wildman–Crippen LogP) is 5.12. The Morgan fingerprint density at radius 1 is 1.23 bits per heavy atom. The van der Waals surface area contributed by atoms with E-state index < -0.39 is 33.5 Å². The first-order valence-electron chi connectivity index (χ1n) is 10.8. The molecule has 1 aliphatic heterocycles. The molecule has 0 spiro atoms. The van der Waals surface area contributed by atoms with Crippen LogP contribution in [0.15, 0.2) is 51.9 Å². The van der Waals surface area contributed by atoms with E-state index in [0.29, 0.717) is 12.8 Å². The number of benzene rings is 2. The fraction of sp³-hybridized carbons (Fsp3) is 0.250. The Balaban J connectivity index is 1.54. The third-order valence-corrected chi connectivity index (χ3v) is 8.03. The van der Waals surface area contributed by atoms with Gasteiger partial charge >= 0.3 is 0 Å². The topological polar surface area (TPSA) is 92.5 Å². The van der Waals surface area contributed by atoms with Gasteiger partial charge in [-0.3, -0.25) is 4.79 Å². The normalized spacial score (nSPS) is 17.1. The highest BCUT2D eigenvalue weighted by Crippen LogP contribution is 2.30. The van der Waals surface area contributed by atoms with Crippen LogP contribution >= 0.6 is 11.6 Å².